The molecule has 5 nitrogen and oxygen atoms in total. The zero-order valence-electron chi connectivity index (χ0n) is 9.23. The lowest BCUT2D eigenvalue weighted by molar-refractivity contribution is -0.137. The second-order valence-corrected chi connectivity index (χ2v) is 3.56. The molecule has 1 heterocycles. The van der Waals surface area contributed by atoms with Crippen molar-refractivity contribution in [3.05, 3.63) is 11.6 Å². The fraction of sp³-hybridized carbons (Fsp3) is 0.700. The van der Waals surface area contributed by atoms with E-state index in [4.69, 9.17) is 5.11 Å². The van der Waals surface area contributed by atoms with E-state index in [9.17, 15) is 4.79 Å². The molecule has 1 rings (SSSR count). The molecule has 1 aromatic rings. The zero-order valence-corrected chi connectivity index (χ0v) is 9.23. The van der Waals surface area contributed by atoms with Gasteiger partial charge in [-0.05, 0) is 13.3 Å². The topological polar surface area (TPSA) is 68.0 Å². The van der Waals surface area contributed by atoms with Gasteiger partial charge in [0.2, 0.25) is 0 Å². The van der Waals surface area contributed by atoms with Crippen molar-refractivity contribution in [1.29, 1.82) is 0 Å². The SMILES string of the molecule is CCCCc1nnc(C)n1CCC(=O)O. The molecule has 0 saturated heterocycles. The number of aliphatic carboxylic acids is 1. The van der Waals surface area contributed by atoms with Crippen LogP contribution in [-0.4, -0.2) is 25.8 Å². The van der Waals surface area contributed by atoms with Crippen molar-refractivity contribution in [2.45, 2.75) is 46.1 Å². The molecule has 0 saturated carbocycles. The van der Waals surface area contributed by atoms with E-state index in [-0.39, 0.29) is 6.42 Å². The summed E-state index contributed by atoms with van der Waals surface area (Å²) in [5.41, 5.74) is 0. The van der Waals surface area contributed by atoms with Gasteiger partial charge in [-0.2, -0.15) is 0 Å². The van der Waals surface area contributed by atoms with Crippen LogP contribution in [-0.2, 0) is 17.8 Å². The quantitative estimate of drug-likeness (QED) is 0.772. The molecule has 0 spiro atoms. The molecule has 84 valence electrons. The van der Waals surface area contributed by atoms with E-state index in [1.165, 1.54) is 0 Å². The Morgan fingerprint density at radius 2 is 2.20 bits per heavy atom. The lowest BCUT2D eigenvalue weighted by Crippen LogP contribution is -2.09. The first kappa shape index (κ1) is 11.7. The predicted octanol–water partition coefficient (Wildman–Crippen LogP) is 1.40. The molecule has 0 fully saturated rings. The number of aromatic nitrogens is 3. The number of hydrogen-bond donors (Lipinski definition) is 1. The molecule has 0 bridgehead atoms. The van der Waals surface area contributed by atoms with Gasteiger partial charge in [0.1, 0.15) is 11.6 Å². The largest absolute Gasteiger partial charge is 0.481 e. The summed E-state index contributed by atoms with van der Waals surface area (Å²) in [6.07, 6.45) is 3.16. The molecule has 15 heavy (non-hydrogen) atoms. The molecular formula is C10H17N3O2. The summed E-state index contributed by atoms with van der Waals surface area (Å²) >= 11 is 0. The second kappa shape index (κ2) is 5.48. The first-order valence-electron chi connectivity index (χ1n) is 5.25. The summed E-state index contributed by atoms with van der Waals surface area (Å²) in [6, 6.07) is 0. The Bertz CT molecular complexity index is 333. The molecule has 0 aliphatic carbocycles. The minimum Gasteiger partial charge on any atom is -0.481 e. The molecule has 0 aliphatic heterocycles. The second-order valence-electron chi connectivity index (χ2n) is 3.56. The highest BCUT2D eigenvalue weighted by Gasteiger charge is 2.09. The number of carboxylic acids is 1. The predicted molar refractivity (Wildman–Crippen MR) is 55.6 cm³/mol. The molecule has 0 unspecified atom stereocenters. The molecular weight excluding hydrogens is 194 g/mol. The van der Waals surface area contributed by atoms with Gasteiger partial charge in [-0.15, -0.1) is 10.2 Å². The van der Waals surface area contributed by atoms with E-state index in [2.05, 4.69) is 17.1 Å². The summed E-state index contributed by atoms with van der Waals surface area (Å²) in [7, 11) is 0. The van der Waals surface area contributed by atoms with Crippen molar-refractivity contribution in [1.82, 2.24) is 14.8 Å². The van der Waals surface area contributed by atoms with Gasteiger partial charge in [-0.1, -0.05) is 13.3 Å². The van der Waals surface area contributed by atoms with Gasteiger partial charge in [0.25, 0.3) is 0 Å². The lowest BCUT2D eigenvalue weighted by Gasteiger charge is -2.06. The summed E-state index contributed by atoms with van der Waals surface area (Å²) < 4.78 is 1.89. The van der Waals surface area contributed by atoms with Gasteiger partial charge in [0.05, 0.1) is 6.42 Å². The van der Waals surface area contributed by atoms with Gasteiger partial charge < -0.3 is 9.67 Å². The maximum absolute atomic E-state index is 10.5. The van der Waals surface area contributed by atoms with Crippen molar-refractivity contribution in [2.75, 3.05) is 0 Å². The van der Waals surface area contributed by atoms with Crippen LogP contribution in [0.5, 0.6) is 0 Å². The van der Waals surface area contributed by atoms with E-state index in [1.807, 2.05) is 11.5 Å². The number of rotatable bonds is 6. The summed E-state index contributed by atoms with van der Waals surface area (Å²) in [4.78, 5) is 10.5. The molecule has 1 aromatic heterocycles. The standard InChI is InChI=1S/C10H17N3O2/c1-3-4-5-9-12-11-8(2)13(9)7-6-10(14)15/h3-7H2,1-2H3,(H,14,15). The number of carboxylic acid groups (broad SMARTS) is 1. The minimum absolute atomic E-state index is 0.123. The highest BCUT2D eigenvalue weighted by molar-refractivity contribution is 5.66. The van der Waals surface area contributed by atoms with Crippen molar-refractivity contribution < 1.29 is 9.90 Å². The maximum Gasteiger partial charge on any atom is 0.305 e. The van der Waals surface area contributed by atoms with Gasteiger partial charge in [0, 0.05) is 13.0 Å². The van der Waals surface area contributed by atoms with Gasteiger partial charge in [-0.25, -0.2) is 0 Å². The molecule has 0 aromatic carbocycles. The van der Waals surface area contributed by atoms with Crippen LogP contribution >= 0.6 is 0 Å². The Hall–Kier alpha value is -1.39. The van der Waals surface area contributed by atoms with Crippen molar-refractivity contribution in [2.24, 2.45) is 0 Å². The van der Waals surface area contributed by atoms with Crippen LogP contribution in [0.4, 0.5) is 0 Å². The monoisotopic (exact) mass is 211 g/mol. The molecule has 0 amide bonds. The van der Waals surface area contributed by atoms with E-state index >= 15 is 0 Å². The Labute approximate surface area is 89.1 Å². The van der Waals surface area contributed by atoms with Crippen LogP contribution < -0.4 is 0 Å². The van der Waals surface area contributed by atoms with Crippen LogP contribution in [0.1, 0.15) is 37.8 Å². The number of nitrogens with zero attached hydrogens (tertiary/aromatic N) is 3. The van der Waals surface area contributed by atoms with Crippen LogP contribution in [0.2, 0.25) is 0 Å². The number of aryl methyl sites for hydroxylation is 2. The van der Waals surface area contributed by atoms with Crippen LogP contribution in [0.3, 0.4) is 0 Å². The average Bonchev–Trinajstić information content (AvgIpc) is 2.53. The minimum atomic E-state index is -0.787. The third kappa shape index (κ3) is 3.34. The number of unbranched alkanes of at least 4 members (excludes halogenated alkanes) is 1. The molecule has 1 N–H and O–H groups in total. The molecule has 0 aliphatic rings. The molecule has 0 atom stereocenters. The lowest BCUT2D eigenvalue weighted by atomic mass is 10.2. The Morgan fingerprint density at radius 3 is 2.80 bits per heavy atom. The van der Waals surface area contributed by atoms with Crippen molar-refractivity contribution in [3.8, 4) is 0 Å². The van der Waals surface area contributed by atoms with Gasteiger partial charge >= 0.3 is 5.97 Å². The smallest absolute Gasteiger partial charge is 0.305 e. The van der Waals surface area contributed by atoms with Crippen LogP contribution in [0.15, 0.2) is 0 Å². The zero-order chi connectivity index (χ0) is 11.3. The maximum atomic E-state index is 10.5. The van der Waals surface area contributed by atoms with Crippen molar-refractivity contribution >= 4 is 5.97 Å². The van der Waals surface area contributed by atoms with Crippen LogP contribution in [0, 0.1) is 6.92 Å². The van der Waals surface area contributed by atoms with E-state index in [0.29, 0.717) is 6.54 Å². The average molecular weight is 211 g/mol. The van der Waals surface area contributed by atoms with Crippen LogP contribution in [0.25, 0.3) is 0 Å². The summed E-state index contributed by atoms with van der Waals surface area (Å²) in [5.74, 6) is 0.905. The van der Waals surface area contributed by atoms with E-state index < -0.39 is 5.97 Å². The number of carbonyl (C=O) groups is 1. The number of hydrogen-bond acceptors (Lipinski definition) is 3. The van der Waals surface area contributed by atoms with Gasteiger partial charge in [0.15, 0.2) is 0 Å². The Kier molecular flexibility index (Phi) is 4.27. The van der Waals surface area contributed by atoms with Gasteiger partial charge in [-0.3, -0.25) is 4.79 Å². The highest BCUT2D eigenvalue weighted by Crippen LogP contribution is 2.06. The molecule has 5 heteroatoms. The first-order chi connectivity index (χ1) is 7.15. The summed E-state index contributed by atoms with van der Waals surface area (Å²) in [6.45, 7) is 4.43. The van der Waals surface area contributed by atoms with E-state index in [1.54, 1.807) is 0 Å². The summed E-state index contributed by atoms with van der Waals surface area (Å²) in [5, 5.41) is 16.6. The normalized spacial score (nSPS) is 10.5. The molecule has 0 radical (unpaired) electrons. The fourth-order valence-electron chi connectivity index (χ4n) is 1.44. The highest BCUT2D eigenvalue weighted by atomic mass is 16.4. The third-order valence-electron chi connectivity index (χ3n) is 2.32. The first-order valence-corrected chi connectivity index (χ1v) is 5.25. The van der Waals surface area contributed by atoms with E-state index in [0.717, 1.165) is 30.9 Å². The third-order valence-corrected chi connectivity index (χ3v) is 2.32. The van der Waals surface area contributed by atoms with Crippen molar-refractivity contribution in [3.63, 3.8) is 0 Å². The fourth-order valence-corrected chi connectivity index (χ4v) is 1.44. The Balaban J connectivity index is 2.66. The Morgan fingerprint density at radius 1 is 1.47 bits per heavy atom.